The van der Waals surface area contributed by atoms with Crippen LogP contribution in [0.5, 0.6) is 11.5 Å². The van der Waals surface area contributed by atoms with Gasteiger partial charge in [0.15, 0.2) is 11.5 Å². The maximum Gasteiger partial charge on any atom is 0.160 e. The molecule has 2 rings (SSSR count). The first kappa shape index (κ1) is 13.2. The highest BCUT2D eigenvalue weighted by Gasteiger charge is 2.38. The van der Waals surface area contributed by atoms with E-state index >= 15 is 0 Å². The molecule has 0 aromatic heterocycles. The fraction of sp³-hybridized carbons (Fsp3) is 0.600. The lowest BCUT2D eigenvalue weighted by atomic mass is 10.1. The second kappa shape index (κ2) is 5.61. The molecule has 1 N–H and O–H groups in total. The monoisotopic (exact) mass is 249 g/mol. The van der Waals surface area contributed by atoms with Crippen LogP contribution >= 0.6 is 0 Å². The average molecular weight is 249 g/mol. The van der Waals surface area contributed by atoms with Gasteiger partial charge in [-0.05, 0) is 42.5 Å². The Balaban J connectivity index is 1.99. The quantitative estimate of drug-likeness (QED) is 0.841. The molecule has 1 aliphatic rings. The minimum Gasteiger partial charge on any atom is -0.493 e. The van der Waals surface area contributed by atoms with E-state index < -0.39 is 0 Å². The molecule has 1 aromatic rings. The number of hydrogen-bond acceptors (Lipinski definition) is 3. The van der Waals surface area contributed by atoms with Crippen LogP contribution in [-0.2, 0) is 0 Å². The Bertz CT molecular complexity index is 403. The van der Waals surface area contributed by atoms with Gasteiger partial charge in [0.05, 0.1) is 14.2 Å². The van der Waals surface area contributed by atoms with Crippen LogP contribution in [0, 0.1) is 5.92 Å². The van der Waals surface area contributed by atoms with Crippen LogP contribution in [0.15, 0.2) is 18.2 Å². The zero-order valence-electron chi connectivity index (χ0n) is 11.7. The molecule has 18 heavy (non-hydrogen) atoms. The number of hydrogen-bond donors (Lipinski definition) is 1. The summed E-state index contributed by atoms with van der Waals surface area (Å²) in [6, 6.07) is 6.83. The summed E-state index contributed by atoms with van der Waals surface area (Å²) in [5, 5.41) is 3.50. The van der Waals surface area contributed by atoms with Crippen molar-refractivity contribution in [3.8, 4) is 11.5 Å². The van der Waals surface area contributed by atoms with Gasteiger partial charge in [0.1, 0.15) is 0 Å². The summed E-state index contributed by atoms with van der Waals surface area (Å²) in [4.78, 5) is 0. The van der Waals surface area contributed by atoms with E-state index in [1.807, 2.05) is 6.07 Å². The lowest BCUT2D eigenvalue weighted by Gasteiger charge is -2.10. The summed E-state index contributed by atoms with van der Waals surface area (Å²) in [5.74, 6) is 3.08. The highest BCUT2D eigenvalue weighted by Crippen LogP contribution is 2.48. The van der Waals surface area contributed by atoms with Crippen molar-refractivity contribution in [1.29, 1.82) is 0 Å². The highest BCUT2D eigenvalue weighted by molar-refractivity contribution is 5.45. The minimum absolute atomic E-state index is 0.566. The zero-order valence-corrected chi connectivity index (χ0v) is 11.7. The van der Waals surface area contributed by atoms with E-state index in [1.165, 1.54) is 12.0 Å². The average Bonchev–Trinajstić information content (AvgIpc) is 3.15. The van der Waals surface area contributed by atoms with Crippen molar-refractivity contribution in [2.75, 3.05) is 20.8 Å². The Morgan fingerprint density at radius 1 is 1.22 bits per heavy atom. The maximum absolute atomic E-state index is 5.35. The second-order valence-corrected chi connectivity index (χ2v) is 5.28. The van der Waals surface area contributed by atoms with Crippen molar-refractivity contribution < 1.29 is 9.47 Å². The Morgan fingerprint density at radius 3 is 2.56 bits per heavy atom. The van der Waals surface area contributed by atoms with Crippen molar-refractivity contribution in [1.82, 2.24) is 5.32 Å². The summed E-state index contributed by atoms with van der Waals surface area (Å²) in [7, 11) is 3.36. The molecule has 0 heterocycles. The number of methoxy groups -OCH3 is 2. The van der Waals surface area contributed by atoms with Crippen molar-refractivity contribution in [3.63, 3.8) is 0 Å². The summed E-state index contributed by atoms with van der Waals surface area (Å²) in [5.41, 5.74) is 1.36. The van der Waals surface area contributed by atoms with Crippen molar-refractivity contribution in [3.05, 3.63) is 23.8 Å². The van der Waals surface area contributed by atoms with Gasteiger partial charge in [-0.15, -0.1) is 0 Å². The molecular formula is C15H23NO2. The molecule has 1 aromatic carbocycles. The molecule has 0 amide bonds. The normalized spacial score (nSPS) is 22.1. The van der Waals surface area contributed by atoms with E-state index in [4.69, 9.17) is 9.47 Å². The van der Waals surface area contributed by atoms with Crippen molar-refractivity contribution in [2.45, 2.75) is 32.2 Å². The molecule has 100 valence electrons. The summed E-state index contributed by atoms with van der Waals surface area (Å²) in [6.07, 6.45) is 1.27. The highest BCUT2D eigenvalue weighted by atomic mass is 16.5. The minimum atomic E-state index is 0.566. The van der Waals surface area contributed by atoms with Crippen LogP contribution in [0.1, 0.15) is 31.7 Å². The van der Waals surface area contributed by atoms with E-state index in [2.05, 4.69) is 31.3 Å². The van der Waals surface area contributed by atoms with E-state index in [1.54, 1.807) is 14.2 Å². The number of rotatable bonds is 6. The van der Waals surface area contributed by atoms with Crippen LogP contribution in [-0.4, -0.2) is 26.8 Å². The molecule has 3 nitrogen and oxygen atoms in total. The van der Waals surface area contributed by atoms with Crippen molar-refractivity contribution in [2.24, 2.45) is 5.92 Å². The third kappa shape index (κ3) is 2.96. The molecule has 1 saturated carbocycles. The van der Waals surface area contributed by atoms with Gasteiger partial charge in [-0.3, -0.25) is 0 Å². The molecule has 0 spiro atoms. The van der Waals surface area contributed by atoms with Crippen LogP contribution in [0.2, 0.25) is 0 Å². The first-order valence-electron chi connectivity index (χ1n) is 6.61. The van der Waals surface area contributed by atoms with Gasteiger partial charge in [-0.2, -0.15) is 0 Å². The first-order valence-corrected chi connectivity index (χ1v) is 6.61. The van der Waals surface area contributed by atoms with Gasteiger partial charge in [0.2, 0.25) is 0 Å². The molecule has 2 atom stereocenters. The standard InChI is InChI=1S/C15H23NO2/c1-10(2)16-9-12-7-13(12)11-5-6-14(17-3)15(8-11)18-4/h5-6,8,10,12-13,16H,7,9H2,1-4H3. The Hall–Kier alpha value is -1.22. The molecule has 2 unspecified atom stereocenters. The van der Waals surface area contributed by atoms with Gasteiger partial charge in [-0.25, -0.2) is 0 Å². The van der Waals surface area contributed by atoms with E-state index in [9.17, 15) is 0 Å². The lowest BCUT2D eigenvalue weighted by molar-refractivity contribution is 0.354. The molecular weight excluding hydrogens is 226 g/mol. The second-order valence-electron chi connectivity index (χ2n) is 5.28. The van der Waals surface area contributed by atoms with Crippen LogP contribution < -0.4 is 14.8 Å². The predicted octanol–water partition coefficient (Wildman–Crippen LogP) is 2.81. The molecule has 1 fully saturated rings. The summed E-state index contributed by atoms with van der Waals surface area (Å²) in [6.45, 7) is 5.48. The third-order valence-corrected chi connectivity index (χ3v) is 3.55. The van der Waals surface area contributed by atoms with Gasteiger partial charge < -0.3 is 14.8 Å². The third-order valence-electron chi connectivity index (χ3n) is 3.55. The number of benzene rings is 1. The van der Waals surface area contributed by atoms with Crippen molar-refractivity contribution >= 4 is 0 Å². The molecule has 0 saturated heterocycles. The lowest BCUT2D eigenvalue weighted by Crippen LogP contribution is -2.25. The smallest absolute Gasteiger partial charge is 0.160 e. The molecule has 1 aliphatic carbocycles. The van der Waals surface area contributed by atoms with Crippen LogP contribution in [0.3, 0.4) is 0 Å². The van der Waals surface area contributed by atoms with Crippen LogP contribution in [0.4, 0.5) is 0 Å². The van der Waals surface area contributed by atoms with E-state index in [-0.39, 0.29) is 0 Å². The largest absolute Gasteiger partial charge is 0.493 e. The van der Waals surface area contributed by atoms with Gasteiger partial charge in [-0.1, -0.05) is 19.9 Å². The Morgan fingerprint density at radius 2 is 1.94 bits per heavy atom. The van der Waals surface area contributed by atoms with Gasteiger partial charge in [0, 0.05) is 6.04 Å². The molecule has 3 heteroatoms. The number of ether oxygens (including phenoxy) is 2. The Kier molecular flexibility index (Phi) is 4.12. The predicted molar refractivity (Wildman–Crippen MR) is 73.5 cm³/mol. The molecule has 0 radical (unpaired) electrons. The van der Waals surface area contributed by atoms with E-state index in [0.29, 0.717) is 12.0 Å². The SMILES string of the molecule is COc1ccc(C2CC2CNC(C)C)cc1OC. The van der Waals surface area contributed by atoms with Gasteiger partial charge >= 0.3 is 0 Å². The maximum atomic E-state index is 5.35. The number of nitrogens with one attached hydrogen (secondary N) is 1. The zero-order chi connectivity index (χ0) is 13.1. The first-order chi connectivity index (χ1) is 8.65. The summed E-state index contributed by atoms with van der Waals surface area (Å²) < 4.78 is 10.6. The fourth-order valence-corrected chi connectivity index (χ4v) is 2.35. The topological polar surface area (TPSA) is 30.5 Å². The molecule has 0 aliphatic heterocycles. The summed E-state index contributed by atoms with van der Waals surface area (Å²) >= 11 is 0. The van der Waals surface area contributed by atoms with Gasteiger partial charge in [0.25, 0.3) is 0 Å². The van der Waals surface area contributed by atoms with E-state index in [0.717, 1.165) is 24.0 Å². The van der Waals surface area contributed by atoms with Crippen LogP contribution in [0.25, 0.3) is 0 Å². The Labute approximate surface area is 109 Å². The fourth-order valence-electron chi connectivity index (χ4n) is 2.35. The molecule has 0 bridgehead atoms.